The van der Waals surface area contributed by atoms with Crippen molar-refractivity contribution in [1.82, 2.24) is 29.9 Å². The summed E-state index contributed by atoms with van der Waals surface area (Å²) in [5, 5.41) is 11.5. The molecular formula is C21H26N6O2. The van der Waals surface area contributed by atoms with Crippen molar-refractivity contribution in [2.45, 2.75) is 45.9 Å². The fraction of sp³-hybridized carbons (Fsp3) is 0.429. The van der Waals surface area contributed by atoms with Crippen molar-refractivity contribution in [1.29, 1.82) is 0 Å². The summed E-state index contributed by atoms with van der Waals surface area (Å²) in [5.74, 6) is 1.27. The minimum absolute atomic E-state index is 0.0813. The Labute approximate surface area is 169 Å². The first-order valence-corrected chi connectivity index (χ1v) is 9.78. The molecule has 4 rings (SSSR count). The van der Waals surface area contributed by atoms with E-state index < -0.39 is 0 Å². The zero-order chi connectivity index (χ0) is 20.5. The van der Waals surface area contributed by atoms with Crippen molar-refractivity contribution in [2.75, 3.05) is 6.54 Å². The highest BCUT2D eigenvalue weighted by Crippen LogP contribution is 2.33. The predicted molar refractivity (Wildman–Crippen MR) is 107 cm³/mol. The molecule has 152 valence electrons. The van der Waals surface area contributed by atoms with Crippen LogP contribution in [0.1, 0.15) is 51.4 Å². The Morgan fingerprint density at radius 3 is 2.76 bits per heavy atom. The predicted octanol–water partition coefficient (Wildman–Crippen LogP) is 2.64. The minimum atomic E-state index is -0.231. The van der Waals surface area contributed by atoms with Crippen molar-refractivity contribution >= 4 is 5.91 Å². The maximum atomic E-state index is 13.3. The van der Waals surface area contributed by atoms with Crippen LogP contribution in [-0.2, 0) is 18.4 Å². The molecule has 1 aromatic carbocycles. The lowest BCUT2D eigenvalue weighted by Crippen LogP contribution is -2.33. The first kappa shape index (κ1) is 19.3. The quantitative estimate of drug-likeness (QED) is 0.719. The van der Waals surface area contributed by atoms with Gasteiger partial charge in [-0.15, -0.1) is 0 Å². The third kappa shape index (κ3) is 4.07. The second kappa shape index (κ2) is 7.79. The van der Waals surface area contributed by atoms with Gasteiger partial charge in [-0.25, -0.2) is 4.98 Å². The number of aromatic amines is 1. The molecule has 0 radical (unpaired) electrons. The van der Waals surface area contributed by atoms with Crippen LogP contribution in [0.3, 0.4) is 0 Å². The number of amides is 1. The van der Waals surface area contributed by atoms with E-state index in [0.717, 1.165) is 17.1 Å². The molecule has 0 aliphatic carbocycles. The molecule has 1 aliphatic rings. The second-order valence-corrected chi connectivity index (χ2v) is 7.70. The van der Waals surface area contributed by atoms with E-state index in [1.54, 1.807) is 16.6 Å². The molecule has 1 N–H and O–H groups in total. The van der Waals surface area contributed by atoms with Crippen LogP contribution in [0.15, 0.2) is 30.3 Å². The summed E-state index contributed by atoms with van der Waals surface area (Å²) in [6.07, 6.45) is 0.573. The van der Waals surface area contributed by atoms with Gasteiger partial charge in [0.2, 0.25) is 0 Å². The first-order valence-electron chi connectivity index (χ1n) is 9.78. The van der Waals surface area contributed by atoms with E-state index in [9.17, 15) is 4.79 Å². The first-order chi connectivity index (χ1) is 13.9. The third-order valence-corrected chi connectivity index (χ3v) is 5.23. The number of carbonyl (C=O) groups is 1. The standard InChI is InChI=1S/C21H26N6O2/c1-13-6-5-7-16(8-13)12-29-17-10-18(20-22-15(3)23-24-20)27(11-17)21(28)19-9-14(2)25-26(19)4/h5-9,17-18H,10-12H2,1-4H3,(H,22,23,24)/t17-,18-/m0/s1. The molecule has 3 heterocycles. The number of aromatic nitrogens is 5. The van der Waals surface area contributed by atoms with Crippen LogP contribution in [0, 0.1) is 20.8 Å². The van der Waals surface area contributed by atoms with Crippen molar-refractivity contribution in [2.24, 2.45) is 7.05 Å². The third-order valence-electron chi connectivity index (χ3n) is 5.23. The van der Waals surface area contributed by atoms with Crippen LogP contribution in [0.4, 0.5) is 0 Å². The van der Waals surface area contributed by atoms with E-state index in [2.05, 4.69) is 45.4 Å². The fourth-order valence-corrected chi connectivity index (χ4v) is 3.87. The van der Waals surface area contributed by atoms with Gasteiger partial charge >= 0.3 is 0 Å². The van der Waals surface area contributed by atoms with Gasteiger partial charge in [0, 0.05) is 20.0 Å². The number of nitrogens with one attached hydrogen (secondary N) is 1. The maximum Gasteiger partial charge on any atom is 0.272 e. The molecule has 8 nitrogen and oxygen atoms in total. The lowest BCUT2D eigenvalue weighted by atomic mass is 10.1. The van der Waals surface area contributed by atoms with Crippen LogP contribution in [0.2, 0.25) is 0 Å². The molecule has 0 unspecified atom stereocenters. The van der Waals surface area contributed by atoms with Gasteiger partial charge < -0.3 is 9.64 Å². The number of nitrogens with zero attached hydrogens (tertiary/aromatic N) is 5. The molecule has 0 bridgehead atoms. The monoisotopic (exact) mass is 394 g/mol. The molecule has 8 heteroatoms. The number of likely N-dealkylation sites (tertiary alicyclic amines) is 1. The zero-order valence-electron chi connectivity index (χ0n) is 17.2. The smallest absolute Gasteiger partial charge is 0.272 e. The number of H-pyrrole nitrogens is 1. The number of ether oxygens (including phenoxy) is 1. The van der Waals surface area contributed by atoms with E-state index in [4.69, 9.17) is 4.74 Å². The van der Waals surface area contributed by atoms with Gasteiger partial charge in [-0.3, -0.25) is 14.6 Å². The molecule has 1 amide bonds. The number of hydrogen-bond donors (Lipinski definition) is 1. The van der Waals surface area contributed by atoms with Gasteiger partial charge in [0.15, 0.2) is 5.82 Å². The normalized spacial score (nSPS) is 19.1. The van der Waals surface area contributed by atoms with Gasteiger partial charge in [-0.1, -0.05) is 29.8 Å². The average Bonchev–Trinajstić information content (AvgIpc) is 3.38. The largest absolute Gasteiger partial charge is 0.372 e. The highest BCUT2D eigenvalue weighted by Gasteiger charge is 2.40. The van der Waals surface area contributed by atoms with Crippen LogP contribution >= 0.6 is 0 Å². The Bertz CT molecular complexity index is 1020. The van der Waals surface area contributed by atoms with Crippen molar-refractivity contribution in [3.8, 4) is 0 Å². The molecule has 2 atom stereocenters. The summed E-state index contributed by atoms with van der Waals surface area (Å²) in [7, 11) is 1.79. The van der Waals surface area contributed by atoms with Gasteiger partial charge in [0.1, 0.15) is 11.5 Å². The van der Waals surface area contributed by atoms with E-state index in [-0.39, 0.29) is 18.1 Å². The zero-order valence-corrected chi connectivity index (χ0v) is 17.2. The molecule has 0 saturated carbocycles. The van der Waals surface area contributed by atoms with Gasteiger partial charge in [-0.2, -0.15) is 10.2 Å². The number of carbonyl (C=O) groups excluding carboxylic acids is 1. The number of aryl methyl sites for hydroxylation is 4. The van der Waals surface area contributed by atoms with Crippen LogP contribution in [0.5, 0.6) is 0 Å². The molecular weight excluding hydrogens is 368 g/mol. The van der Waals surface area contributed by atoms with E-state index in [1.807, 2.05) is 26.0 Å². The lowest BCUT2D eigenvalue weighted by molar-refractivity contribution is 0.0434. The van der Waals surface area contributed by atoms with Crippen LogP contribution in [-0.4, -0.2) is 48.4 Å². The molecule has 1 aliphatic heterocycles. The highest BCUT2D eigenvalue weighted by molar-refractivity contribution is 5.93. The summed E-state index contributed by atoms with van der Waals surface area (Å²) in [4.78, 5) is 19.6. The summed E-state index contributed by atoms with van der Waals surface area (Å²) in [6.45, 7) is 6.81. The fourth-order valence-electron chi connectivity index (χ4n) is 3.87. The van der Waals surface area contributed by atoms with Gasteiger partial charge in [0.05, 0.1) is 24.4 Å². The van der Waals surface area contributed by atoms with E-state index in [1.165, 1.54) is 5.56 Å². The topological polar surface area (TPSA) is 88.9 Å². The van der Waals surface area contributed by atoms with E-state index >= 15 is 0 Å². The second-order valence-electron chi connectivity index (χ2n) is 7.70. The lowest BCUT2D eigenvalue weighted by Gasteiger charge is -2.22. The summed E-state index contributed by atoms with van der Waals surface area (Å²) >= 11 is 0. The van der Waals surface area contributed by atoms with Crippen molar-refractivity contribution < 1.29 is 9.53 Å². The SMILES string of the molecule is Cc1cccc(CO[C@H]2C[C@@H](c3n[nH]c(C)n3)N(C(=O)c3cc(C)nn3C)C2)c1. The summed E-state index contributed by atoms with van der Waals surface area (Å²) in [6, 6.07) is 9.85. The molecule has 1 saturated heterocycles. The van der Waals surface area contributed by atoms with E-state index in [0.29, 0.717) is 31.1 Å². The molecule has 0 spiro atoms. The molecule has 3 aromatic rings. The van der Waals surface area contributed by atoms with Crippen LogP contribution in [0.25, 0.3) is 0 Å². The number of rotatable bonds is 5. The van der Waals surface area contributed by atoms with Gasteiger partial charge in [-0.05, 0) is 32.4 Å². The average molecular weight is 394 g/mol. The molecule has 2 aromatic heterocycles. The Morgan fingerprint density at radius 1 is 1.28 bits per heavy atom. The number of hydrogen-bond acceptors (Lipinski definition) is 5. The van der Waals surface area contributed by atoms with Crippen molar-refractivity contribution in [3.05, 3.63) is 64.5 Å². The summed E-state index contributed by atoms with van der Waals surface area (Å²) < 4.78 is 7.80. The molecule has 29 heavy (non-hydrogen) atoms. The maximum absolute atomic E-state index is 13.3. The minimum Gasteiger partial charge on any atom is -0.372 e. The van der Waals surface area contributed by atoms with Gasteiger partial charge in [0.25, 0.3) is 5.91 Å². The number of benzene rings is 1. The Balaban J connectivity index is 1.54. The van der Waals surface area contributed by atoms with Crippen LogP contribution < -0.4 is 0 Å². The Kier molecular flexibility index (Phi) is 5.19. The Morgan fingerprint density at radius 2 is 2.10 bits per heavy atom. The Hall–Kier alpha value is -3.00. The molecule has 1 fully saturated rings. The van der Waals surface area contributed by atoms with Crippen molar-refractivity contribution in [3.63, 3.8) is 0 Å². The summed E-state index contributed by atoms with van der Waals surface area (Å²) in [5.41, 5.74) is 3.70. The highest BCUT2D eigenvalue weighted by atomic mass is 16.5.